The molecule has 8 nitrogen and oxygen atoms in total. The molecule has 1 unspecified atom stereocenters. The predicted octanol–water partition coefficient (Wildman–Crippen LogP) is 4.84. The third-order valence-corrected chi connectivity index (χ3v) is 7.34. The molecule has 1 aromatic carbocycles. The number of hydrogen-bond acceptors (Lipinski definition) is 6. The Morgan fingerprint density at radius 3 is 2.22 bits per heavy atom. The van der Waals surface area contributed by atoms with Crippen molar-refractivity contribution in [1.29, 1.82) is 0 Å². The molecule has 2 aromatic heterocycles. The highest BCUT2D eigenvalue weighted by Crippen LogP contribution is 2.58. The third-order valence-electron chi connectivity index (χ3n) is 7.34. The lowest BCUT2D eigenvalue weighted by atomic mass is 9.50. The number of imidazole rings is 1. The van der Waals surface area contributed by atoms with Crippen molar-refractivity contribution in [3.05, 3.63) is 47.4 Å². The zero-order chi connectivity index (χ0) is 30.3. The quantitative estimate of drug-likeness (QED) is 0.323. The minimum atomic E-state index is -5.91. The molecular formula is C24H18F9N5O3. The van der Waals surface area contributed by atoms with Gasteiger partial charge in [-0.15, -0.1) is 0 Å². The van der Waals surface area contributed by atoms with Crippen LogP contribution in [-0.2, 0) is 26.1 Å². The van der Waals surface area contributed by atoms with Crippen molar-refractivity contribution < 1.29 is 53.8 Å². The molecule has 3 N–H and O–H groups in total. The molecule has 0 spiro atoms. The summed E-state index contributed by atoms with van der Waals surface area (Å²) < 4.78 is 129. The van der Waals surface area contributed by atoms with E-state index in [1.807, 2.05) is 0 Å². The zero-order valence-corrected chi connectivity index (χ0v) is 20.6. The number of carbonyl (C=O) groups is 2. The van der Waals surface area contributed by atoms with Crippen molar-refractivity contribution in [3.63, 3.8) is 0 Å². The number of alkyl halides is 9. The maximum absolute atomic E-state index is 14.8. The minimum absolute atomic E-state index is 0.123. The number of benzene rings is 1. The summed E-state index contributed by atoms with van der Waals surface area (Å²) in [4.78, 5) is 32.2. The molecule has 41 heavy (non-hydrogen) atoms. The summed E-state index contributed by atoms with van der Waals surface area (Å²) in [6.07, 6.45) is -14.4. The summed E-state index contributed by atoms with van der Waals surface area (Å²) in [5.74, 6) is -5.82. The molecule has 0 saturated heterocycles. The van der Waals surface area contributed by atoms with E-state index in [0.717, 1.165) is 16.7 Å². The SMILES string of the molecule is Cc1ccc(C(OC(=O)C(F)(F)F)(C(=O)NC23CC(C2)C3)C(F)(F)F)cc1-c1cnc2c(N)nc(C(F)(F)F)cn12. The lowest BCUT2D eigenvalue weighted by molar-refractivity contribution is -0.282. The van der Waals surface area contributed by atoms with E-state index in [9.17, 15) is 49.1 Å². The number of halogens is 9. The van der Waals surface area contributed by atoms with Crippen LogP contribution in [-0.4, -0.2) is 44.1 Å². The number of nitrogens with one attached hydrogen (secondary N) is 1. The van der Waals surface area contributed by atoms with Crippen LogP contribution in [0.5, 0.6) is 0 Å². The van der Waals surface area contributed by atoms with Gasteiger partial charge in [0.2, 0.25) is 0 Å². The highest BCUT2D eigenvalue weighted by Gasteiger charge is 2.69. The summed E-state index contributed by atoms with van der Waals surface area (Å²) in [5, 5.41) is 2.12. The van der Waals surface area contributed by atoms with Crippen LogP contribution in [0.4, 0.5) is 45.3 Å². The van der Waals surface area contributed by atoms with Gasteiger partial charge in [0.1, 0.15) is 0 Å². The number of nitrogens with two attached hydrogens (primary N) is 1. The van der Waals surface area contributed by atoms with Crippen molar-refractivity contribution in [2.24, 2.45) is 5.92 Å². The van der Waals surface area contributed by atoms with Gasteiger partial charge in [-0.3, -0.25) is 9.20 Å². The van der Waals surface area contributed by atoms with E-state index in [-0.39, 0.29) is 28.4 Å². The predicted molar refractivity (Wildman–Crippen MR) is 121 cm³/mol. The van der Waals surface area contributed by atoms with Gasteiger partial charge in [-0.1, -0.05) is 12.1 Å². The summed E-state index contributed by atoms with van der Waals surface area (Å²) in [5.41, 5.74) is -3.34. The van der Waals surface area contributed by atoms with Crippen LogP contribution in [0.1, 0.15) is 36.1 Å². The number of nitrogen functional groups attached to an aromatic ring is 1. The van der Waals surface area contributed by atoms with E-state index in [0.29, 0.717) is 37.6 Å². The number of hydrogen-bond donors (Lipinski definition) is 2. The maximum Gasteiger partial charge on any atom is 0.490 e. The fourth-order valence-corrected chi connectivity index (χ4v) is 5.21. The largest absolute Gasteiger partial charge is 0.490 e. The molecule has 0 aliphatic heterocycles. The first kappa shape index (κ1) is 28.5. The molecule has 3 saturated carbocycles. The van der Waals surface area contributed by atoms with Crippen LogP contribution in [0.2, 0.25) is 0 Å². The molecule has 17 heteroatoms. The first-order valence-electron chi connectivity index (χ1n) is 11.8. The average Bonchev–Trinajstić information content (AvgIpc) is 3.21. The van der Waals surface area contributed by atoms with Crippen LogP contribution >= 0.6 is 0 Å². The maximum atomic E-state index is 14.8. The monoisotopic (exact) mass is 595 g/mol. The molecule has 2 bridgehead atoms. The second-order valence-corrected chi connectivity index (χ2v) is 10.2. The van der Waals surface area contributed by atoms with Crippen molar-refractivity contribution in [2.75, 3.05) is 5.73 Å². The van der Waals surface area contributed by atoms with Gasteiger partial charge in [-0.2, -0.15) is 39.5 Å². The van der Waals surface area contributed by atoms with Gasteiger partial charge in [-0.25, -0.2) is 14.8 Å². The topological polar surface area (TPSA) is 112 Å². The molecule has 3 fully saturated rings. The van der Waals surface area contributed by atoms with Crippen molar-refractivity contribution in [2.45, 2.75) is 55.9 Å². The fourth-order valence-electron chi connectivity index (χ4n) is 5.21. The summed E-state index contributed by atoms with van der Waals surface area (Å²) in [6.45, 7) is 1.34. The van der Waals surface area contributed by atoms with E-state index in [4.69, 9.17) is 5.73 Å². The number of carbonyl (C=O) groups excluding carboxylic acids is 2. The number of aryl methyl sites for hydroxylation is 1. The lowest BCUT2D eigenvalue weighted by Gasteiger charge is -2.62. The Morgan fingerprint density at radius 1 is 1.07 bits per heavy atom. The Hall–Kier alpha value is -4.05. The second-order valence-electron chi connectivity index (χ2n) is 10.2. The number of amides is 1. The zero-order valence-electron chi connectivity index (χ0n) is 20.6. The molecule has 1 amide bonds. The molecule has 6 rings (SSSR count). The molecule has 3 aliphatic rings. The number of ether oxygens (including phenoxy) is 1. The standard InChI is InChI=1S/C24H18F9N5O3/c1-10-2-3-12(4-13(10)14-8-35-17-16(34)36-15(9-38(14)17)22(25,26)27)21(24(31,32)33,41-19(40)23(28,29)30)18(39)37-20-5-11(6-20)7-20/h2-4,8-9,11H,5-7H2,1H3,(H2,34,36)(H,37,39). The van der Waals surface area contributed by atoms with E-state index < -0.39 is 58.6 Å². The normalized spacial score (nSPS) is 22.0. The minimum Gasteiger partial charge on any atom is -0.427 e. The van der Waals surface area contributed by atoms with Crippen molar-refractivity contribution >= 4 is 23.3 Å². The Labute approximate surface area is 223 Å². The van der Waals surface area contributed by atoms with E-state index in [1.165, 1.54) is 6.92 Å². The van der Waals surface area contributed by atoms with Crippen LogP contribution in [0.15, 0.2) is 30.6 Å². The molecule has 3 aliphatic carbocycles. The van der Waals surface area contributed by atoms with Crippen molar-refractivity contribution in [3.8, 4) is 11.3 Å². The molecule has 2 heterocycles. The molecule has 0 radical (unpaired) electrons. The highest BCUT2D eigenvalue weighted by atomic mass is 19.4. The lowest BCUT2D eigenvalue weighted by Crippen LogP contribution is -2.72. The summed E-state index contributed by atoms with van der Waals surface area (Å²) >= 11 is 0. The Kier molecular flexibility index (Phi) is 6.06. The highest BCUT2D eigenvalue weighted by molar-refractivity contribution is 5.92. The molecule has 1 atom stereocenters. The number of fused-ring (bicyclic) bond motifs is 1. The summed E-state index contributed by atoms with van der Waals surface area (Å²) in [6, 6.07) is 2.24. The number of aromatic nitrogens is 3. The number of nitrogens with zero attached hydrogens (tertiary/aromatic N) is 3. The van der Waals surface area contributed by atoms with Gasteiger partial charge in [0.05, 0.1) is 11.9 Å². The first-order chi connectivity index (χ1) is 18.8. The van der Waals surface area contributed by atoms with Crippen molar-refractivity contribution in [1.82, 2.24) is 19.7 Å². The Balaban J connectivity index is 1.71. The molecular weight excluding hydrogens is 577 g/mol. The Morgan fingerprint density at radius 2 is 1.71 bits per heavy atom. The molecule has 3 aromatic rings. The van der Waals surface area contributed by atoms with E-state index in [2.05, 4.69) is 20.0 Å². The van der Waals surface area contributed by atoms with Crippen LogP contribution < -0.4 is 11.1 Å². The van der Waals surface area contributed by atoms with Crippen LogP contribution in [0, 0.1) is 12.8 Å². The van der Waals surface area contributed by atoms with Gasteiger partial charge in [0.15, 0.2) is 17.2 Å². The third kappa shape index (κ3) is 4.50. The van der Waals surface area contributed by atoms with Crippen LogP contribution in [0.25, 0.3) is 16.9 Å². The van der Waals surface area contributed by atoms with E-state index >= 15 is 0 Å². The number of anilines is 1. The smallest absolute Gasteiger partial charge is 0.427 e. The average molecular weight is 595 g/mol. The molecule has 220 valence electrons. The second kappa shape index (κ2) is 8.72. The number of rotatable bonds is 5. The van der Waals surface area contributed by atoms with E-state index in [1.54, 1.807) is 0 Å². The first-order valence-corrected chi connectivity index (χ1v) is 11.8. The number of esters is 1. The van der Waals surface area contributed by atoms with Gasteiger partial charge in [-0.05, 0) is 43.7 Å². The fraction of sp³-hybridized carbons (Fsp3) is 0.417. The van der Waals surface area contributed by atoms with Gasteiger partial charge in [0.25, 0.3) is 5.91 Å². The summed E-state index contributed by atoms with van der Waals surface area (Å²) in [7, 11) is 0. The van der Waals surface area contributed by atoms with Gasteiger partial charge >= 0.3 is 30.1 Å². The van der Waals surface area contributed by atoms with Gasteiger partial charge < -0.3 is 15.8 Å². The Bertz CT molecular complexity index is 1560. The van der Waals surface area contributed by atoms with Gasteiger partial charge in [0, 0.05) is 22.9 Å². The van der Waals surface area contributed by atoms with Crippen LogP contribution in [0.3, 0.4) is 0 Å².